The number of piperazine rings is 1. The number of carbonyl (C=O) groups excluding carboxylic acids is 3. The van der Waals surface area contributed by atoms with Gasteiger partial charge in [0, 0.05) is 82.2 Å². The van der Waals surface area contributed by atoms with Gasteiger partial charge < -0.3 is 29.3 Å². The van der Waals surface area contributed by atoms with Gasteiger partial charge in [-0.2, -0.15) is 13.2 Å². The molecule has 0 saturated carbocycles. The minimum atomic E-state index is -4.90. The molecule has 5 aliphatic heterocycles. The van der Waals surface area contributed by atoms with Crippen molar-refractivity contribution in [3.8, 4) is 5.75 Å². The fourth-order valence-corrected chi connectivity index (χ4v) is 8.57. The summed E-state index contributed by atoms with van der Waals surface area (Å²) >= 11 is 5.99. The highest BCUT2D eigenvalue weighted by atomic mass is 35.5. The molecule has 2 aromatic rings. The molecule has 5 aliphatic rings. The Morgan fingerprint density at radius 3 is 2.43 bits per heavy atom. The van der Waals surface area contributed by atoms with Crippen molar-refractivity contribution in [1.82, 2.24) is 19.6 Å². The van der Waals surface area contributed by atoms with Crippen LogP contribution in [-0.2, 0) is 32.5 Å². The number of hydrogen-bond acceptors (Lipinski definition) is 8. The summed E-state index contributed by atoms with van der Waals surface area (Å²) < 4.78 is 52.8. The van der Waals surface area contributed by atoms with E-state index < -0.39 is 52.3 Å². The highest BCUT2D eigenvalue weighted by Gasteiger charge is 2.47. The number of piperidine rings is 2. The van der Waals surface area contributed by atoms with E-state index in [-0.39, 0.29) is 37.9 Å². The largest absolute Gasteiger partial charge is 0.506 e. The van der Waals surface area contributed by atoms with Crippen LogP contribution in [-0.4, -0.2) is 113 Å². The third kappa shape index (κ3) is 6.50. The van der Waals surface area contributed by atoms with Crippen molar-refractivity contribution >= 4 is 35.4 Å². The number of ether oxygens (including phenoxy) is 2. The molecule has 49 heavy (non-hydrogen) atoms. The van der Waals surface area contributed by atoms with E-state index in [4.69, 9.17) is 21.1 Å². The summed E-state index contributed by atoms with van der Waals surface area (Å²) in [5.41, 5.74) is -0.839. The number of halogens is 4. The van der Waals surface area contributed by atoms with Gasteiger partial charge in [0.05, 0.1) is 16.3 Å². The lowest BCUT2D eigenvalue weighted by Gasteiger charge is -2.44. The molecular weight excluding hydrogens is 667 g/mol. The minimum absolute atomic E-state index is 0.0100. The molecule has 0 aliphatic carbocycles. The summed E-state index contributed by atoms with van der Waals surface area (Å²) in [4.78, 5) is 47.9. The van der Waals surface area contributed by atoms with Gasteiger partial charge in [-0.15, -0.1) is 0 Å². The first-order valence-electron chi connectivity index (χ1n) is 16.7. The number of phenols is 1. The number of amides is 3. The van der Waals surface area contributed by atoms with Gasteiger partial charge in [-0.1, -0.05) is 29.8 Å². The lowest BCUT2D eigenvalue weighted by molar-refractivity contribution is -0.143. The van der Waals surface area contributed by atoms with Crippen LogP contribution < -0.4 is 5.32 Å². The number of anilines is 1. The second kappa shape index (κ2) is 12.9. The molecule has 2 aromatic carbocycles. The fourth-order valence-electron chi connectivity index (χ4n) is 8.32. The van der Waals surface area contributed by atoms with Gasteiger partial charge >= 0.3 is 18.4 Å². The quantitative estimate of drug-likeness (QED) is 0.445. The molecule has 3 amide bonds. The van der Waals surface area contributed by atoms with Crippen LogP contribution in [0.2, 0.25) is 5.02 Å². The van der Waals surface area contributed by atoms with E-state index in [9.17, 15) is 32.7 Å². The molecule has 3 atom stereocenters. The average Bonchev–Trinajstić information content (AvgIpc) is 3.65. The Labute approximate surface area is 286 Å². The van der Waals surface area contributed by atoms with Crippen LogP contribution in [0.3, 0.4) is 0 Å². The molecule has 0 radical (unpaired) electrons. The number of likely N-dealkylation sites (tertiary alicyclic amines) is 4. The Kier molecular flexibility index (Phi) is 8.85. The zero-order chi connectivity index (χ0) is 34.7. The number of nitrogens with zero attached hydrogens (tertiary/aromatic N) is 4. The second-order valence-corrected chi connectivity index (χ2v) is 14.2. The number of hydrogen-bond donors (Lipinski definition) is 2. The lowest BCUT2D eigenvalue weighted by Crippen LogP contribution is -2.55. The summed E-state index contributed by atoms with van der Waals surface area (Å²) in [6.07, 6.45) is -4.88. The van der Waals surface area contributed by atoms with Gasteiger partial charge in [0.2, 0.25) is 0 Å². The zero-order valence-corrected chi connectivity index (χ0v) is 27.8. The molecule has 15 heteroatoms. The summed E-state index contributed by atoms with van der Waals surface area (Å²) in [5, 5.41) is 12.2. The van der Waals surface area contributed by atoms with E-state index in [0.717, 1.165) is 50.0 Å². The molecular formula is C34H39ClF3N5O6. The molecule has 1 spiro atoms. The Morgan fingerprint density at radius 2 is 1.78 bits per heavy atom. The number of alkyl halides is 3. The molecule has 5 heterocycles. The predicted molar refractivity (Wildman–Crippen MR) is 172 cm³/mol. The highest BCUT2D eigenvalue weighted by Crippen LogP contribution is 2.44. The minimum Gasteiger partial charge on any atom is -0.506 e. The van der Waals surface area contributed by atoms with Crippen molar-refractivity contribution in [3.63, 3.8) is 0 Å². The standard InChI is InChI=1S/C34H39ClF3N5O6/c1-40-18-23-17-22(40)19-43(23)21-6-10-41(11-7-21)30(45)28(16-20-14-25(34(36,37)38)29(44)26(35)15-20)48-32(47)42-12-8-33(9-13-42)24-4-2-3-5-27(24)39-31(46)49-33/h2-5,14-15,21-23,28,44H,6-13,16-19H2,1H3,(H,39,46)/t22?,23?,28-/m1/s1. The number of aromatic hydroxyl groups is 1. The number of rotatable bonds is 5. The molecule has 7 rings (SSSR count). The first-order chi connectivity index (χ1) is 23.3. The Balaban J connectivity index is 1.06. The first kappa shape index (κ1) is 33.7. The monoisotopic (exact) mass is 705 g/mol. The Morgan fingerprint density at radius 1 is 1.06 bits per heavy atom. The molecule has 264 valence electrons. The topological polar surface area (TPSA) is 115 Å². The molecule has 2 N–H and O–H groups in total. The molecule has 2 bridgehead atoms. The first-order valence-corrected chi connectivity index (χ1v) is 17.1. The van der Waals surface area contributed by atoms with Gasteiger partial charge in [0.15, 0.2) is 6.10 Å². The van der Waals surface area contributed by atoms with E-state index in [2.05, 4.69) is 22.2 Å². The predicted octanol–water partition coefficient (Wildman–Crippen LogP) is 5.04. The van der Waals surface area contributed by atoms with Gasteiger partial charge in [0.1, 0.15) is 11.4 Å². The number of para-hydroxylation sites is 1. The molecule has 0 aromatic heterocycles. The van der Waals surface area contributed by atoms with E-state index in [1.54, 1.807) is 17.0 Å². The van der Waals surface area contributed by atoms with Crippen LogP contribution in [0.25, 0.3) is 0 Å². The summed E-state index contributed by atoms with van der Waals surface area (Å²) in [5.74, 6) is -1.61. The summed E-state index contributed by atoms with van der Waals surface area (Å²) in [6.45, 7) is 3.20. The van der Waals surface area contributed by atoms with Crippen molar-refractivity contribution in [2.24, 2.45) is 0 Å². The highest BCUT2D eigenvalue weighted by molar-refractivity contribution is 6.32. The van der Waals surface area contributed by atoms with Crippen LogP contribution >= 0.6 is 11.6 Å². The van der Waals surface area contributed by atoms with E-state index >= 15 is 0 Å². The SMILES string of the molecule is CN1CC2CC1CN2C1CCN(C(=O)[C@@H](Cc2cc(Cl)c(O)c(C(F)(F)F)c2)OC(=O)N2CCC3(CC2)OC(=O)Nc2ccccc23)CC1. The third-order valence-corrected chi connectivity index (χ3v) is 11.2. The van der Waals surface area contributed by atoms with Gasteiger partial charge in [-0.3, -0.25) is 15.0 Å². The van der Waals surface area contributed by atoms with Crippen LogP contribution in [0.1, 0.15) is 48.8 Å². The van der Waals surface area contributed by atoms with Crippen molar-refractivity contribution < 1.29 is 42.1 Å². The van der Waals surface area contributed by atoms with Gasteiger partial charge in [-0.05, 0) is 50.1 Å². The number of carbonyl (C=O) groups is 3. The fraction of sp³-hybridized carbons (Fsp3) is 0.559. The molecule has 4 saturated heterocycles. The summed E-state index contributed by atoms with van der Waals surface area (Å²) in [7, 11) is 2.15. The lowest BCUT2D eigenvalue weighted by atomic mass is 9.82. The number of fused-ring (bicyclic) bond motifs is 4. The average molecular weight is 706 g/mol. The second-order valence-electron chi connectivity index (χ2n) is 13.8. The van der Waals surface area contributed by atoms with Crippen molar-refractivity contribution in [1.29, 1.82) is 0 Å². The molecule has 4 fully saturated rings. The normalized spacial score (nSPS) is 24.8. The van der Waals surface area contributed by atoms with Crippen LogP contribution in [0.5, 0.6) is 5.75 Å². The molecule has 11 nitrogen and oxygen atoms in total. The van der Waals surface area contributed by atoms with Crippen LogP contribution in [0.15, 0.2) is 36.4 Å². The zero-order valence-electron chi connectivity index (χ0n) is 27.0. The van der Waals surface area contributed by atoms with E-state index in [0.29, 0.717) is 36.9 Å². The Hall–Kier alpha value is -3.75. The maximum absolute atomic E-state index is 14.0. The number of benzene rings is 2. The van der Waals surface area contributed by atoms with Crippen molar-refractivity contribution in [2.45, 2.75) is 74.5 Å². The third-order valence-electron chi connectivity index (χ3n) is 10.9. The maximum atomic E-state index is 14.0. The van der Waals surface area contributed by atoms with Gasteiger partial charge in [0.25, 0.3) is 5.91 Å². The Bertz CT molecular complexity index is 1630. The number of nitrogens with one attached hydrogen (secondary N) is 1. The van der Waals surface area contributed by atoms with Crippen molar-refractivity contribution in [3.05, 3.63) is 58.1 Å². The van der Waals surface area contributed by atoms with Crippen molar-refractivity contribution in [2.75, 3.05) is 51.6 Å². The molecule has 2 unspecified atom stereocenters. The summed E-state index contributed by atoms with van der Waals surface area (Å²) in [6, 6.07) is 10.6. The maximum Gasteiger partial charge on any atom is 0.420 e. The van der Waals surface area contributed by atoms with E-state index in [1.807, 2.05) is 12.1 Å². The number of likely N-dealkylation sites (N-methyl/N-ethyl adjacent to an activating group) is 1. The smallest absolute Gasteiger partial charge is 0.420 e. The van der Waals surface area contributed by atoms with Gasteiger partial charge in [-0.25, -0.2) is 9.59 Å². The van der Waals surface area contributed by atoms with E-state index in [1.165, 1.54) is 4.90 Å². The number of phenolic OH excluding ortho intramolecular Hbond substituents is 1. The van der Waals surface area contributed by atoms with Crippen LogP contribution in [0.4, 0.5) is 28.4 Å². The van der Waals surface area contributed by atoms with Crippen LogP contribution in [0, 0.1) is 0 Å².